The van der Waals surface area contributed by atoms with Crippen LogP contribution in [-0.4, -0.2) is 17.1 Å². The van der Waals surface area contributed by atoms with Crippen LogP contribution >= 0.6 is 0 Å². The van der Waals surface area contributed by atoms with Gasteiger partial charge in [0.25, 0.3) is 5.91 Å². The van der Waals surface area contributed by atoms with E-state index in [1.54, 1.807) is 50.2 Å². The predicted molar refractivity (Wildman–Crippen MR) is 85.4 cm³/mol. The highest BCUT2D eigenvalue weighted by Gasteiger charge is 2.14. The van der Waals surface area contributed by atoms with Crippen LogP contribution in [0.4, 0.5) is 4.39 Å². The van der Waals surface area contributed by atoms with E-state index in [1.807, 2.05) is 0 Å². The summed E-state index contributed by atoms with van der Waals surface area (Å²) in [5.41, 5.74) is 2.09. The number of hydrogen-bond acceptors (Lipinski definition) is 3. The minimum atomic E-state index is -0.675. The lowest BCUT2D eigenvalue weighted by molar-refractivity contribution is -0.127. The van der Waals surface area contributed by atoms with E-state index in [2.05, 4.69) is 5.32 Å². The standard InChI is InChI=1S/C18H20FNO3/c1-12-8-14(6-7-17(12)19)10-20-18(22)13(2)23-16-5-3-4-15(9-16)11-21/h3-9,13,21H,10-11H2,1-2H3,(H,20,22). The van der Waals surface area contributed by atoms with Crippen molar-refractivity contribution < 1.29 is 19.0 Å². The smallest absolute Gasteiger partial charge is 0.261 e. The zero-order chi connectivity index (χ0) is 16.8. The van der Waals surface area contributed by atoms with Crippen LogP contribution in [0, 0.1) is 12.7 Å². The van der Waals surface area contributed by atoms with Crippen molar-refractivity contribution in [1.29, 1.82) is 0 Å². The Morgan fingerprint density at radius 3 is 2.74 bits per heavy atom. The minimum absolute atomic E-state index is 0.0817. The number of aryl methyl sites for hydroxylation is 1. The molecular formula is C18H20FNO3. The van der Waals surface area contributed by atoms with Crippen LogP contribution in [0.25, 0.3) is 0 Å². The highest BCUT2D eigenvalue weighted by Crippen LogP contribution is 2.15. The number of hydrogen-bond donors (Lipinski definition) is 2. The number of ether oxygens (including phenoxy) is 1. The topological polar surface area (TPSA) is 58.6 Å². The summed E-state index contributed by atoms with van der Waals surface area (Å²) in [6.45, 7) is 3.56. The number of carbonyl (C=O) groups is 1. The summed E-state index contributed by atoms with van der Waals surface area (Å²) in [6.07, 6.45) is -0.675. The van der Waals surface area contributed by atoms with Gasteiger partial charge in [0, 0.05) is 6.54 Å². The van der Waals surface area contributed by atoms with Crippen molar-refractivity contribution >= 4 is 5.91 Å². The van der Waals surface area contributed by atoms with Crippen LogP contribution in [0.2, 0.25) is 0 Å². The summed E-state index contributed by atoms with van der Waals surface area (Å²) in [7, 11) is 0. The maximum atomic E-state index is 13.2. The second kappa shape index (κ2) is 7.74. The molecule has 0 aliphatic heterocycles. The van der Waals surface area contributed by atoms with Gasteiger partial charge in [0.05, 0.1) is 6.61 Å². The Kier molecular flexibility index (Phi) is 5.71. The Bertz CT molecular complexity index is 688. The predicted octanol–water partition coefficient (Wildman–Crippen LogP) is 2.71. The third kappa shape index (κ3) is 4.79. The first-order valence-corrected chi connectivity index (χ1v) is 7.39. The fourth-order valence-corrected chi connectivity index (χ4v) is 2.12. The van der Waals surface area contributed by atoms with Crippen molar-refractivity contribution in [3.05, 3.63) is 65.0 Å². The van der Waals surface area contributed by atoms with Crippen molar-refractivity contribution in [2.24, 2.45) is 0 Å². The first-order chi connectivity index (χ1) is 11.0. The minimum Gasteiger partial charge on any atom is -0.481 e. The normalized spacial score (nSPS) is 11.8. The van der Waals surface area contributed by atoms with E-state index >= 15 is 0 Å². The molecule has 0 saturated carbocycles. The second-order valence-electron chi connectivity index (χ2n) is 5.37. The van der Waals surface area contributed by atoms with E-state index in [0.717, 1.165) is 11.1 Å². The zero-order valence-electron chi connectivity index (χ0n) is 13.2. The zero-order valence-corrected chi connectivity index (χ0v) is 13.2. The van der Waals surface area contributed by atoms with Gasteiger partial charge in [-0.15, -0.1) is 0 Å². The molecule has 23 heavy (non-hydrogen) atoms. The lowest BCUT2D eigenvalue weighted by Crippen LogP contribution is -2.35. The number of aliphatic hydroxyl groups excluding tert-OH is 1. The number of benzene rings is 2. The van der Waals surface area contributed by atoms with Gasteiger partial charge in [-0.25, -0.2) is 4.39 Å². The van der Waals surface area contributed by atoms with Crippen LogP contribution in [0.1, 0.15) is 23.6 Å². The maximum absolute atomic E-state index is 13.2. The quantitative estimate of drug-likeness (QED) is 0.861. The van der Waals surface area contributed by atoms with Gasteiger partial charge in [0.15, 0.2) is 6.10 Å². The summed E-state index contributed by atoms with van der Waals surface area (Å²) in [5.74, 6) is -0.00116. The molecule has 5 heteroatoms. The molecule has 0 radical (unpaired) electrons. The van der Waals surface area contributed by atoms with Crippen molar-refractivity contribution in [2.75, 3.05) is 0 Å². The van der Waals surface area contributed by atoms with Gasteiger partial charge >= 0.3 is 0 Å². The van der Waals surface area contributed by atoms with E-state index in [0.29, 0.717) is 17.9 Å². The average Bonchev–Trinajstić information content (AvgIpc) is 2.55. The number of carbonyl (C=O) groups excluding carboxylic acids is 1. The molecule has 1 unspecified atom stereocenters. The summed E-state index contributed by atoms with van der Waals surface area (Å²) in [5, 5.41) is 11.9. The van der Waals surface area contributed by atoms with Gasteiger partial charge in [-0.05, 0) is 48.7 Å². The SMILES string of the molecule is Cc1cc(CNC(=O)C(C)Oc2cccc(CO)c2)ccc1F. The Labute approximate surface area is 134 Å². The van der Waals surface area contributed by atoms with E-state index in [9.17, 15) is 9.18 Å². The first kappa shape index (κ1) is 17.0. The molecule has 2 rings (SSSR count). The van der Waals surface area contributed by atoms with Crippen LogP contribution in [0.3, 0.4) is 0 Å². The Balaban J connectivity index is 1.90. The molecule has 0 aliphatic rings. The lowest BCUT2D eigenvalue weighted by atomic mass is 10.1. The van der Waals surface area contributed by atoms with Crippen molar-refractivity contribution in [2.45, 2.75) is 33.1 Å². The summed E-state index contributed by atoms with van der Waals surface area (Å²) in [6, 6.07) is 11.7. The molecule has 0 saturated heterocycles. The van der Waals surface area contributed by atoms with Gasteiger partial charge in [0.2, 0.25) is 0 Å². The van der Waals surface area contributed by atoms with E-state index in [-0.39, 0.29) is 18.3 Å². The molecule has 2 N–H and O–H groups in total. The summed E-state index contributed by atoms with van der Waals surface area (Å²) >= 11 is 0. The Hall–Kier alpha value is -2.40. The van der Waals surface area contributed by atoms with Crippen LogP contribution < -0.4 is 10.1 Å². The van der Waals surface area contributed by atoms with Gasteiger partial charge in [0.1, 0.15) is 11.6 Å². The molecule has 122 valence electrons. The van der Waals surface area contributed by atoms with Crippen molar-refractivity contribution in [3.63, 3.8) is 0 Å². The highest BCUT2D eigenvalue weighted by molar-refractivity contribution is 5.80. The fourth-order valence-electron chi connectivity index (χ4n) is 2.12. The van der Waals surface area contributed by atoms with Crippen molar-refractivity contribution in [1.82, 2.24) is 5.32 Å². The van der Waals surface area contributed by atoms with Gasteiger partial charge < -0.3 is 15.2 Å². The van der Waals surface area contributed by atoms with Crippen LogP contribution in [0.5, 0.6) is 5.75 Å². The van der Waals surface area contributed by atoms with E-state index < -0.39 is 6.10 Å². The molecule has 2 aromatic carbocycles. The molecule has 2 aromatic rings. The highest BCUT2D eigenvalue weighted by atomic mass is 19.1. The average molecular weight is 317 g/mol. The monoisotopic (exact) mass is 317 g/mol. The Morgan fingerprint density at radius 2 is 2.04 bits per heavy atom. The second-order valence-corrected chi connectivity index (χ2v) is 5.37. The third-order valence-electron chi connectivity index (χ3n) is 3.45. The van der Waals surface area contributed by atoms with Crippen LogP contribution in [0.15, 0.2) is 42.5 Å². The van der Waals surface area contributed by atoms with E-state index in [1.165, 1.54) is 6.07 Å². The molecule has 0 bridgehead atoms. The van der Waals surface area contributed by atoms with Crippen LogP contribution in [-0.2, 0) is 17.9 Å². The lowest BCUT2D eigenvalue weighted by Gasteiger charge is -2.15. The number of halogens is 1. The number of rotatable bonds is 6. The Morgan fingerprint density at radius 1 is 1.26 bits per heavy atom. The van der Waals surface area contributed by atoms with E-state index in [4.69, 9.17) is 9.84 Å². The molecule has 1 atom stereocenters. The largest absolute Gasteiger partial charge is 0.481 e. The number of amides is 1. The third-order valence-corrected chi connectivity index (χ3v) is 3.45. The molecule has 0 fully saturated rings. The van der Waals surface area contributed by atoms with Gasteiger partial charge in [-0.3, -0.25) is 4.79 Å². The molecule has 1 amide bonds. The van der Waals surface area contributed by atoms with Crippen molar-refractivity contribution in [3.8, 4) is 5.75 Å². The maximum Gasteiger partial charge on any atom is 0.261 e. The number of aliphatic hydroxyl groups is 1. The molecule has 0 aromatic heterocycles. The summed E-state index contributed by atoms with van der Waals surface area (Å²) in [4.78, 5) is 12.1. The molecule has 0 aliphatic carbocycles. The fraction of sp³-hybridized carbons (Fsp3) is 0.278. The molecule has 4 nitrogen and oxygen atoms in total. The molecule has 0 heterocycles. The first-order valence-electron chi connectivity index (χ1n) is 7.39. The molecule has 0 spiro atoms. The molecular weight excluding hydrogens is 297 g/mol. The summed E-state index contributed by atoms with van der Waals surface area (Å²) < 4.78 is 18.8. The van der Waals surface area contributed by atoms with Gasteiger partial charge in [-0.1, -0.05) is 24.3 Å². The van der Waals surface area contributed by atoms with Gasteiger partial charge in [-0.2, -0.15) is 0 Å². The number of nitrogens with one attached hydrogen (secondary N) is 1.